The Hall–Kier alpha value is -2.79. The number of halogens is 1. The van der Waals surface area contributed by atoms with Crippen LogP contribution in [0, 0.1) is 0 Å². The molecule has 0 aliphatic carbocycles. The van der Waals surface area contributed by atoms with Crippen LogP contribution in [0.25, 0.3) is 11.3 Å². The van der Waals surface area contributed by atoms with Gasteiger partial charge in [-0.05, 0) is 36.2 Å². The number of amides is 1. The van der Waals surface area contributed by atoms with Crippen LogP contribution in [0.2, 0.25) is 5.02 Å². The van der Waals surface area contributed by atoms with Crippen LogP contribution >= 0.6 is 11.6 Å². The van der Waals surface area contributed by atoms with Crippen molar-refractivity contribution in [1.29, 1.82) is 0 Å². The molecule has 3 rings (SSSR count). The highest BCUT2D eigenvalue weighted by atomic mass is 35.5. The number of aryl methyl sites for hydroxylation is 1. The van der Waals surface area contributed by atoms with Gasteiger partial charge in [0.15, 0.2) is 12.2 Å². The quantitative estimate of drug-likeness (QED) is 0.702. The monoisotopic (exact) mass is 356 g/mol. The summed E-state index contributed by atoms with van der Waals surface area (Å²) in [6, 6.07) is 12.9. The first-order valence-corrected chi connectivity index (χ1v) is 8.14. The molecule has 2 aromatic carbocycles. The molecule has 0 atom stereocenters. The molecule has 0 spiro atoms. The van der Waals surface area contributed by atoms with Crippen LogP contribution in [-0.4, -0.2) is 18.0 Å². The zero-order chi connectivity index (χ0) is 17.6. The minimum absolute atomic E-state index is 0.0746. The number of carbonyl (C=O) groups is 1. The zero-order valence-corrected chi connectivity index (χ0v) is 14.4. The summed E-state index contributed by atoms with van der Waals surface area (Å²) >= 11 is 5.95. The third kappa shape index (κ3) is 4.39. The van der Waals surface area contributed by atoms with E-state index >= 15 is 0 Å². The van der Waals surface area contributed by atoms with Crippen LogP contribution in [0.3, 0.4) is 0 Å². The molecule has 1 aromatic heterocycles. The second-order valence-corrected chi connectivity index (χ2v) is 5.90. The molecule has 6 heteroatoms. The summed E-state index contributed by atoms with van der Waals surface area (Å²) in [6.07, 6.45) is 3.97. The Morgan fingerprint density at radius 3 is 2.88 bits per heavy atom. The molecule has 0 saturated heterocycles. The summed E-state index contributed by atoms with van der Waals surface area (Å²) in [4.78, 5) is 16.1. The number of anilines is 1. The molecule has 1 amide bonds. The van der Waals surface area contributed by atoms with E-state index in [2.05, 4.69) is 10.3 Å². The third-order valence-corrected chi connectivity index (χ3v) is 3.95. The van der Waals surface area contributed by atoms with Gasteiger partial charge in [0.2, 0.25) is 5.91 Å². The van der Waals surface area contributed by atoms with E-state index in [1.54, 1.807) is 25.4 Å². The van der Waals surface area contributed by atoms with Crippen LogP contribution in [-0.2, 0) is 11.2 Å². The van der Waals surface area contributed by atoms with E-state index in [9.17, 15) is 4.79 Å². The maximum atomic E-state index is 12.2. The topological polar surface area (TPSA) is 64.4 Å². The number of nitrogens with zero attached hydrogens (tertiary/aromatic N) is 1. The van der Waals surface area contributed by atoms with E-state index in [4.69, 9.17) is 20.8 Å². The van der Waals surface area contributed by atoms with Gasteiger partial charge in [0.25, 0.3) is 0 Å². The van der Waals surface area contributed by atoms with Gasteiger partial charge in [-0.15, -0.1) is 0 Å². The Balaban J connectivity index is 1.65. The lowest BCUT2D eigenvalue weighted by atomic mass is 10.1. The number of aromatic nitrogens is 1. The molecule has 0 unspecified atom stereocenters. The van der Waals surface area contributed by atoms with E-state index in [-0.39, 0.29) is 5.91 Å². The van der Waals surface area contributed by atoms with Gasteiger partial charge in [-0.25, -0.2) is 4.98 Å². The lowest BCUT2D eigenvalue weighted by Gasteiger charge is -2.10. The molecule has 128 valence electrons. The maximum absolute atomic E-state index is 12.2. The lowest BCUT2D eigenvalue weighted by Crippen LogP contribution is -2.12. The Bertz CT molecular complexity index is 863. The van der Waals surface area contributed by atoms with Gasteiger partial charge in [-0.2, -0.15) is 0 Å². The zero-order valence-electron chi connectivity index (χ0n) is 13.7. The number of oxazole rings is 1. The molecule has 3 aromatic rings. The Morgan fingerprint density at radius 1 is 1.28 bits per heavy atom. The van der Waals surface area contributed by atoms with E-state index < -0.39 is 0 Å². The van der Waals surface area contributed by atoms with Crippen LogP contribution in [0.5, 0.6) is 5.75 Å². The fourth-order valence-electron chi connectivity index (χ4n) is 2.50. The van der Waals surface area contributed by atoms with Gasteiger partial charge in [0.1, 0.15) is 5.75 Å². The average Bonchev–Trinajstić information content (AvgIpc) is 3.14. The van der Waals surface area contributed by atoms with E-state index in [0.29, 0.717) is 35.1 Å². The largest absolute Gasteiger partial charge is 0.496 e. The minimum Gasteiger partial charge on any atom is -0.496 e. The third-order valence-electron chi connectivity index (χ3n) is 3.71. The molecule has 0 saturated carbocycles. The Kier molecular flexibility index (Phi) is 5.36. The van der Waals surface area contributed by atoms with Crippen LogP contribution in [0.1, 0.15) is 12.0 Å². The number of methoxy groups -OCH3 is 1. The highest BCUT2D eigenvalue weighted by Gasteiger charge is 2.11. The number of ether oxygens (including phenoxy) is 1. The highest BCUT2D eigenvalue weighted by Crippen LogP contribution is 2.32. The summed E-state index contributed by atoms with van der Waals surface area (Å²) in [7, 11) is 1.57. The van der Waals surface area contributed by atoms with Crippen LogP contribution in [0.4, 0.5) is 5.69 Å². The minimum atomic E-state index is -0.0746. The summed E-state index contributed by atoms with van der Waals surface area (Å²) < 4.78 is 10.7. The smallest absolute Gasteiger partial charge is 0.224 e. The molecule has 0 bridgehead atoms. The summed E-state index contributed by atoms with van der Waals surface area (Å²) in [5, 5.41) is 3.55. The van der Waals surface area contributed by atoms with Crippen molar-refractivity contribution >= 4 is 23.2 Å². The number of carbonyl (C=O) groups excluding carboxylic acids is 1. The Morgan fingerprint density at radius 2 is 2.16 bits per heavy atom. The van der Waals surface area contributed by atoms with Gasteiger partial charge in [0.05, 0.1) is 18.9 Å². The summed E-state index contributed by atoms with van der Waals surface area (Å²) in [6.45, 7) is 0. The number of benzene rings is 2. The molecule has 1 N–H and O–H groups in total. The van der Waals surface area contributed by atoms with Crippen molar-refractivity contribution in [3.05, 3.63) is 65.6 Å². The molecule has 0 radical (unpaired) electrons. The molecule has 0 aliphatic rings. The van der Waals surface area contributed by atoms with Gasteiger partial charge in [-0.1, -0.05) is 23.7 Å². The fourth-order valence-corrected chi connectivity index (χ4v) is 2.71. The predicted molar refractivity (Wildman–Crippen MR) is 96.9 cm³/mol. The van der Waals surface area contributed by atoms with Crippen molar-refractivity contribution in [3.63, 3.8) is 0 Å². The van der Waals surface area contributed by atoms with Crippen molar-refractivity contribution < 1.29 is 13.9 Å². The van der Waals surface area contributed by atoms with Crippen molar-refractivity contribution in [2.24, 2.45) is 0 Å². The molecule has 1 heterocycles. The highest BCUT2D eigenvalue weighted by molar-refractivity contribution is 6.30. The summed E-state index contributed by atoms with van der Waals surface area (Å²) in [5.74, 6) is 1.13. The fraction of sp³-hybridized carbons (Fsp3) is 0.158. The van der Waals surface area contributed by atoms with Crippen LogP contribution in [0.15, 0.2) is 59.5 Å². The first-order chi connectivity index (χ1) is 12.2. The lowest BCUT2D eigenvalue weighted by molar-refractivity contribution is -0.116. The van der Waals surface area contributed by atoms with Gasteiger partial charge in [-0.3, -0.25) is 4.79 Å². The maximum Gasteiger partial charge on any atom is 0.224 e. The van der Waals surface area contributed by atoms with E-state index in [1.165, 1.54) is 6.39 Å². The van der Waals surface area contributed by atoms with Crippen LogP contribution < -0.4 is 10.1 Å². The van der Waals surface area contributed by atoms with Crippen molar-refractivity contribution in [2.45, 2.75) is 12.8 Å². The number of hydrogen-bond acceptors (Lipinski definition) is 4. The van der Waals surface area contributed by atoms with E-state index in [1.807, 2.05) is 30.3 Å². The number of rotatable bonds is 6. The Labute approximate surface area is 150 Å². The summed E-state index contributed by atoms with van der Waals surface area (Å²) in [5.41, 5.74) is 2.47. The average molecular weight is 357 g/mol. The first-order valence-electron chi connectivity index (χ1n) is 7.77. The number of hydrogen-bond donors (Lipinski definition) is 1. The molecule has 0 aliphatic heterocycles. The van der Waals surface area contributed by atoms with Crippen molar-refractivity contribution in [1.82, 2.24) is 4.98 Å². The van der Waals surface area contributed by atoms with Gasteiger partial charge >= 0.3 is 0 Å². The van der Waals surface area contributed by atoms with Crippen molar-refractivity contribution in [2.75, 3.05) is 12.4 Å². The van der Waals surface area contributed by atoms with E-state index in [0.717, 1.165) is 11.1 Å². The first kappa shape index (κ1) is 17.0. The SMILES string of the molecule is COc1cc(NC(=O)CCc2cccc(Cl)c2)ccc1-c1cnco1. The predicted octanol–water partition coefficient (Wildman–Crippen LogP) is 4.57. The molecule has 5 nitrogen and oxygen atoms in total. The number of nitrogens with one attached hydrogen (secondary N) is 1. The van der Waals surface area contributed by atoms with Crippen molar-refractivity contribution in [3.8, 4) is 17.1 Å². The second kappa shape index (κ2) is 7.85. The molecular formula is C19H17ClN2O3. The molecule has 25 heavy (non-hydrogen) atoms. The molecular weight excluding hydrogens is 340 g/mol. The van der Waals surface area contributed by atoms with Gasteiger partial charge < -0.3 is 14.5 Å². The standard InChI is InChI=1S/C19H17ClN2O3/c1-24-17-10-15(6-7-16(17)18-11-21-12-25-18)22-19(23)8-5-13-3-2-4-14(20)9-13/h2-4,6-7,9-12H,5,8H2,1H3,(H,22,23). The molecule has 0 fully saturated rings. The second-order valence-electron chi connectivity index (χ2n) is 5.46. The van der Waals surface area contributed by atoms with Gasteiger partial charge in [0, 0.05) is 23.2 Å². The normalized spacial score (nSPS) is 10.5.